The smallest absolute Gasteiger partial charge is 0.241 e. The molecule has 0 spiro atoms. The molecule has 0 amide bonds. The summed E-state index contributed by atoms with van der Waals surface area (Å²) < 4.78 is 17.1. The maximum absolute atomic E-state index is 6.78. The predicted octanol–water partition coefficient (Wildman–Crippen LogP) is 4.84. The molecular weight excluding hydrogens is 406 g/mol. The Hall–Kier alpha value is -2.19. The van der Waals surface area contributed by atoms with Crippen molar-refractivity contribution in [1.82, 2.24) is 24.4 Å². The van der Waals surface area contributed by atoms with Crippen molar-refractivity contribution in [3.63, 3.8) is 0 Å². The number of aromatic nitrogens is 5. The minimum absolute atomic E-state index is 0.156. The van der Waals surface area contributed by atoms with Crippen LogP contribution < -0.4 is 4.74 Å². The Balaban J connectivity index is 1.41. The van der Waals surface area contributed by atoms with E-state index >= 15 is 0 Å². The van der Waals surface area contributed by atoms with E-state index in [2.05, 4.69) is 44.1 Å². The topological polar surface area (TPSA) is 66.5 Å². The lowest BCUT2D eigenvalue weighted by molar-refractivity contribution is 0.0440. The van der Waals surface area contributed by atoms with Crippen LogP contribution in [-0.4, -0.2) is 44.4 Å². The first kappa shape index (κ1) is 20.7. The van der Waals surface area contributed by atoms with Crippen molar-refractivity contribution in [2.75, 3.05) is 0 Å². The fraction of sp³-hybridized carbons (Fsp3) is 0.609. The van der Waals surface area contributed by atoms with Crippen molar-refractivity contribution in [2.45, 2.75) is 76.3 Å². The molecule has 3 atom stereocenters. The quantitative estimate of drug-likeness (QED) is 0.532. The average molecular weight is 440 g/mol. The fourth-order valence-corrected chi connectivity index (χ4v) is 5.95. The molecule has 31 heavy (non-hydrogen) atoms. The van der Waals surface area contributed by atoms with Gasteiger partial charge in [0.25, 0.3) is 0 Å². The highest BCUT2D eigenvalue weighted by Crippen LogP contribution is 2.57. The molecule has 5 rings (SSSR count). The van der Waals surface area contributed by atoms with Gasteiger partial charge in [0.2, 0.25) is 5.88 Å². The molecule has 0 radical (unpaired) electrons. The summed E-state index contributed by atoms with van der Waals surface area (Å²) in [6.07, 6.45) is 12.1. The van der Waals surface area contributed by atoms with Crippen LogP contribution in [0.5, 0.6) is 5.88 Å². The first-order valence-corrected chi connectivity index (χ1v) is 14.2. The summed E-state index contributed by atoms with van der Waals surface area (Å²) >= 11 is 0. The molecule has 3 unspecified atom stereocenters. The number of nitrogens with zero attached hydrogens (tertiary/aromatic N) is 5. The first-order chi connectivity index (χ1) is 14.6. The number of hydrogen-bond donors (Lipinski definition) is 0. The third-order valence-corrected chi connectivity index (χ3v) is 12.0. The monoisotopic (exact) mass is 439 g/mol. The summed E-state index contributed by atoms with van der Waals surface area (Å²) in [5.74, 6) is 1.26. The molecule has 3 heterocycles. The van der Waals surface area contributed by atoms with Gasteiger partial charge in [-0.2, -0.15) is 10.2 Å². The van der Waals surface area contributed by atoms with E-state index in [-0.39, 0.29) is 16.7 Å². The standard InChI is InChI=1S/C23H33N5O2Si/c1-22(2,3)31(5,6)30-18-8-7-17-11-23(17,12-18)29-21-20-9-10-24-28(20)15-19(26-21)16-13-25-27(4)14-16/h9-10,13-15,17-18H,7-8,11-12H2,1-6H3. The van der Waals surface area contributed by atoms with Gasteiger partial charge in [0.1, 0.15) is 11.1 Å². The van der Waals surface area contributed by atoms with Crippen molar-refractivity contribution in [1.29, 1.82) is 0 Å². The Morgan fingerprint density at radius 3 is 2.65 bits per heavy atom. The van der Waals surface area contributed by atoms with Crippen LogP contribution in [0.15, 0.2) is 30.9 Å². The van der Waals surface area contributed by atoms with Gasteiger partial charge in [-0.15, -0.1) is 0 Å². The lowest BCUT2D eigenvalue weighted by Crippen LogP contribution is -2.46. The summed E-state index contributed by atoms with van der Waals surface area (Å²) in [4.78, 5) is 4.89. The van der Waals surface area contributed by atoms with E-state index in [1.165, 1.54) is 0 Å². The van der Waals surface area contributed by atoms with Crippen LogP contribution in [-0.2, 0) is 11.5 Å². The zero-order valence-electron chi connectivity index (χ0n) is 19.4. The summed E-state index contributed by atoms with van der Waals surface area (Å²) in [5.41, 5.74) is 2.52. The van der Waals surface area contributed by atoms with Gasteiger partial charge in [-0.3, -0.25) is 4.68 Å². The molecule has 0 aliphatic heterocycles. The second-order valence-electron chi connectivity index (χ2n) is 10.8. The van der Waals surface area contributed by atoms with Gasteiger partial charge in [0, 0.05) is 37.3 Å². The Kier molecular flexibility index (Phi) is 4.61. The van der Waals surface area contributed by atoms with E-state index in [0.717, 1.165) is 42.5 Å². The third kappa shape index (κ3) is 3.69. The number of fused-ring (bicyclic) bond motifs is 2. The van der Waals surface area contributed by atoms with Crippen LogP contribution in [0.25, 0.3) is 16.8 Å². The van der Waals surface area contributed by atoms with Gasteiger partial charge in [0.15, 0.2) is 8.32 Å². The van der Waals surface area contributed by atoms with Gasteiger partial charge in [-0.1, -0.05) is 20.8 Å². The summed E-state index contributed by atoms with van der Waals surface area (Å²) in [7, 11) is 0.102. The molecule has 2 aliphatic carbocycles. The highest BCUT2D eigenvalue weighted by atomic mass is 28.4. The summed E-state index contributed by atoms with van der Waals surface area (Å²) in [6.45, 7) is 11.6. The van der Waals surface area contributed by atoms with E-state index in [1.807, 2.05) is 36.2 Å². The van der Waals surface area contributed by atoms with Crippen LogP contribution in [0.3, 0.4) is 0 Å². The zero-order valence-corrected chi connectivity index (χ0v) is 20.4. The van der Waals surface area contributed by atoms with E-state index in [4.69, 9.17) is 14.1 Å². The van der Waals surface area contributed by atoms with Gasteiger partial charge in [-0.05, 0) is 43.5 Å². The Labute approximate surface area is 184 Å². The minimum Gasteiger partial charge on any atom is -0.469 e. The molecule has 0 N–H and O–H groups in total. The Morgan fingerprint density at radius 1 is 1.13 bits per heavy atom. The van der Waals surface area contributed by atoms with Crippen LogP contribution in [0.1, 0.15) is 46.5 Å². The van der Waals surface area contributed by atoms with Gasteiger partial charge < -0.3 is 9.16 Å². The largest absolute Gasteiger partial charge is 0.469 e. The van der Waals surface area contributed by atoms with Crippen LogP contribution in [0.4, 0.5) is 0 Å². The highest BCUT2D eigenvalue weighted by molar-refractivity contribution is 6.74. The van der Waals surface area contributed by atoms with Crippen LogP contribution in [0.2, 0.25) is 18.1 Å². The maximum atomic E-state index is 6.78. The molecule has 166 valence electrons. The second kappa shape index (κ2) is 6.90. The molecular formula is C23H33N5O2Si. The lowest BCUT2D eigenvalue weighted by atomic mass is 9.95. The SMILES string of the molecule is Cn1cc(-c2cn3nccc3c(OC34CC(O[Si](C)(C)C(C)(C)C)CCC3C4)n2)cn1. The summed E-state index contributed by atoms with van der Waals surface area (Å²) in [6, 6.07) is 1.97. The number of hydrogen-bond acceptors (Lipinski definition) is 5. The molecule has 3 aromatic heterocycles. The minimum atomic E-state index is -1.81. The van der Waals surface area contributed by atoms with Gasteiger partial charge in [-0.25, -0.2) is 9.50 Å². The van der Waals surface area contributed by atoms with Crippen molar-refractivity contribution in [3.8, 4) is 17.1 Å². The van der Waals surface area contributed by atoms with Crippen molar-refractivity contribution < 1.29 is 9.16 Å². The van der Waals surface area contributed by atoms with E-state index in [9.17, 15) is 0 Å². The number of ether oxygens (including phenoxy) is 1. The van der Waals surface area contributed by atoms with Gasteiger partial charge >= 0.3 is 0 Å². The van der Waals surface area contributed by atoms with Crippen LogP contribution in [0, 0.1) is 5.92 Å². The summed E-state index contributed by atoms with van der Waals surface area (Å²) in [5, 5.41) is 8.94. The average Bonchev–Trinajstić information content (AvgIpc) is 3.00. The number of rotatable bonds is 5. The van der Waals surface area contributed by atoms with Crippen molar-refractivity contribution >= 4 is 13.8 Å². The van der Waals surface area contributed by atoms with Crippen molar-refractivity contribution in [2.24, 2.45) is 13.0 Å². The molecule has 0 bridgehead atoms. The molecule has 0 saturated heterocycles. The molecule has 2 aliphatic rings. The molecule has 7 nitrogen and oxygen atoms in total. The first-order valence-electron chi connectivity index (χ1n) is 11.3. The van der Waals surface area contributed by atoms with Crippen LogP contribution >= 0.6 is 0 Å². The van der Waals surface area contributed by atoms with E-state index < -0.39 is 8.32 Å². The fourth-order valence-electron chi connectivity index (χ4n) is 4.57. The predicted molar refractivity (Wildman–Crippen MR) is 123 cm³/mol. The lowest BCUT2D eigenvalue weighted by Gasteiger charge is -2.41. The normalized spacial score (nSPS) is 26.1. The van der Waals surface area contributed by atoms with E-state index in [1.54, 1.807) is 10.9 Å². The van der Waals surface area contributed by atoms with Crippen molar-refractivity contribution in [3.05, 3.63) is 30.9 Å². The molecule has 0 aromatic carbocycles. The Bertz CT molecular complexity index is 1110. The maximum Gasteiger partial charge on any atom is 0.241 e. The molecule has 2 fully saturated rings. The highest BCUT2D eigenvalue weighted by Gasteiger charge is 2.61. The molecule has 3 aromatic rings. The molecule has 2 saturated carbocycles. The number of aryl methyl sites for hydroxylation is 1. The zero-order chi connectivity index (χ0) is 22.0. The second-order valence-corrected chi connectivity index (χ2v) is 15.6. The Morgan fingerprint density at radius 2 is 1.94 bits per heavy atom. The molecule has 8 heteroatoms. The third-order valence-electron chi connectivity index (χ3n) is 7.51. The van der Waals surface area contributed by atoms with E-state index in [0.29, 0.717) is 11.8 Å². The van der Waals surface area contributed by atoms with Gasteiger partial charge in [0.05, 0.1) is 24.3 Å².